The van der Waals surface area contributed by atoms with Crippen LogP contribution in [0.2, 0.25) is 0 Å². The molecule has 1 rings (SSSR count). The van der Waals surface area contributed by atoms with Crippen LogP contribution in [-0.2, 0) is 19.2 Å². The van der Waals surface area contributed by atoms with Crippen molar-refractivity contribution in [1.82, 2.24) is 0 Å². The zero-order valence-electron chi connectivity index (χ0n) is 11.1. The first-order valence-corrected chi connectivity index (χ1v) is 6.68. The molecule has 0 atom stereocenters. The summed E-state index contributed by atoms with van der Waals surface area (Å²) in [6, 6.07) is 7.23. The van der Waals surface area contributed by atoms with Gasteiger partial charge < -0.3 is 9.57 Å². The molecule has 0 bridgehead atoms. The average Bonchev–Trinajstić information content (AvgIpc) is 2.38. The molecule has 0 fully saturated rings. The van der Waals surface area contributed by atoms with Gasteiger partial charge in [-0.2, -0.15) is 0 Å². The molecule has 20 heavy (non-hydrogen) atoms. The highest BCUT2D eigenvalue weighted by molar-refractivity contribution is 9.10. The Morgan fingerprint density at radius 3 is 2.70 bits per heavy atom. The van der Waals surface area contributed by atoms with Crippen molar-refractivity contribution in [3.63, 3.8) is 0 Å². The minimum absolute atomic E-state index is 0.288. The number of hydrogen-bond donors (Lipinski definition) is 0. The van der Waals surface area contributed by atoms with Gasteiger partial charge in [-0.15, -0.1) is 0 Å². The van der Waals surface area contributed by atoms with E-state index in [0.717, 1.165) is 4.47 Å². The molecule has 0 aliphatic heterocycles. The smallest absolute Gasteiger partial charge is 0.332 e. The summed E-state index contributed by atoms with van der Waals surface area (Å²) in [5, 5.41) is 3.72. The summed E-state index contributed by atoms with van der Waals surface area (Å²) < 4.78 is 5.62. The summed E-state index contributed by atoms with van der Waals surface area (Å²) in [5.74, 6) is -1.03. The minimum atomic E-state index is -0.540. The number of benzene rings is 1. The van der Waals surface area contributed by atoms with Gasteiger partial charge in [0, 0.05) is 23.0 Å². The zero-order valence-corrected chi connectivity index (χ0v) is 12.7. The first-order valence-electron chi connectivity index (χ1n) is 5.89. The molecule has 0 N–H and O–H groups in total. The van der Waals surface area contributed by atoms with Gasteiger partial charge in [-0.25, -0.2) is 9.59 Å². The lowest BCUT2D eigenvalue weighted by Crippen LogP contribution is -2.04. The number of esters is 1. The van der Waals surface area contributed by atoms with Crippen molar-refractivity contribution >= 4 is 33.6 Å². The Kier molecular flexibility index (Phi) is 6.66. The molecule has 0 radical (unpaired) electrons. The Balaban J connectivity index is 3.00. The number of hydrogen-bond acceptors (Lipinski definition) is 5. The van der Waals surface area contributed by atoms with Crippen LogP contribution in [0.3, 0.4) is 0 Å². The monoisotopic (exact) mass is 339 g/mol. The van der Waals surface area contributed by atoms with Crippen LogP contribution in [0.25, 0.3) is 0 Å². The maximum atomic E-state index is 11.3. The zero-order chi connectivity index (χ0) is 15.0. The summed E-state index contributed by atoms with van der Waals surface area (Å²) in [4.78, 5) is 26.8. The first kappa shape index (κ1) is 16.1. The fraction of sp³-hybridized carbons (Fsp3) is 0.214. The standard InChI is InChI=1S/C14H14BrNO4/c1-3-19-14(18)8-7-13(16-20-10(2)17)11-5-4-6-12(15)9-11/h4-9H,3H2,1-2H3/b8-7+,16-13+. The van der Waals surface area contributed by atoms with Crippen molar-refractivity contribution in [2.24, 2.45) is 5.16 Å². The van der Waals surface area contributed by atoms with E-state index >= 15 is 0 Å². The number of carbonyl (C=O) groups is 2. The number of carbonyl (C=O) groups excluding carboxylic acids is 2. The Morgan fingerprint density at radius 1 is 1.35 bits per heavy atom. The molecule has 0 saturated heterocycles. The van der Waals surface area contributed by atoms with E-state index in [4.69, 9.17) is 4.74 Å². The molecular formula is C14H14BrNO4. The van der Waals surface area contributed by atoms with Crippen molar-refractivity contribution in [3.05, 3.63) is 46.5 Å². The van der Waals surface area contributed by atoms with Crippen molar-refractivity contribution < 1.29 is 19.2 Å². The van der Waals surface area contributed by atoms with Crippen LogP contribution < -0.4 is 0 Å². The Hall–Kier alpha value is -1.95. The Bertz CT molecular complexity index is 552. The summed E-state index contributed by atoms with van der Waals surface area (Å²) >= 11 is 3.34. The van der Waals surface area contributed by atoms with Gasteiger partial charge in [0.05, 0.1) is 6.61 Å². The second kappa shape index (κ2) is 8.27. The lowest BCUT2D eigenvalue weighted by Gasteiger charge is -2.02. The predicted octanol–water partition coefficient (Wildman–Crippen LogP) is 2.84. The number of nitrogens with zero attached hydrogens (tertiary/aromatic N) is 1. The third-order valence-electron chi connectivity index (χ3n) is 2.06. The van der Waals surface area contributed by atoms with Crippen LogP contribution in [0.15, 0.2) is 46.0 Å². The second-order valence-corrected chi connectivity index (χ2v) is 4.57. The van der Waals surface area contributed by atoms with Gasteiger partial charge in [-0.1, -0.05) is 33.2 Å². The number of rotatable bonds is 5. The Morgan fingerprint density at radius 2 is 2.10 bits per heavy atom. The average molecular weight is 340 g/mol. The lowest BCUT2D eigenvalue weighted by atomic mass is 10.1. The summed E-state index contributed by atoms with van der Waals surface area (Å²) in [6.07, 6.45) is 2.66. The molecular weight excluding hydrogens is 326 g/mol. The molecule has 0 unspecified atom stereocenters. The minimum Gasteiger partial charge on any atom is -0.463 e. The van der Waals surface area contributed by atoms with Crippen LogP contribution in [0.4, 0.5) is 0 Å². The van der Waals surface area contributed by atoms with Gasteiger partial charge >= 0.3 is 11.9 Å². The quantitative estimate of drug-likeness (QED) is 0.272. The highest BCUT2D eigenvalue weighted by atomic mass is 79.9. The first-order chi connectivity index (χ1) is 9.52. The van der Waals surface area contributed by atoms with E-state index in [1.54, 1.807) is 25.1 Å². The maximum Gasteiger partial charge on any atom is 0.332 e. The normalized spacial score (nSPS) is 11.4. The van der Waals surface area contributed by atoms with Crippen LogP contribution in [0, 0.1) is 0 Å². The van der Waals surface area contributed by atoms with Gasteiger partial charge in [0.25, 0.3) is 0 Å². The highest BCUT2D eigenvalue weighted by Crippen LogP contribution is 2.13. The molecule has 106 valence electrons. The van der Waals surface area contributed by atoms with Crippen molar-refractivity contribution in [1.29, 1.82) is 0 Å². The van der Waals surface area contributed by atoms with E-state index in [0.29, 0.717) is 11.3 Å². The van der Waals surface area contributed by atoms with E-state index < -0.39 is 11.9 Å². The number of ether oxygens (including phenoxy) is 1. The molecule has 0 aliphatic rings. The molecule has 0 aliphatic carbocycles. The van der Waals surface area contributed by atoms with Crippen molar-refractivity contribution in [3.8, 4) is 0 Å². The number of oxime groups is 1. The highest BCUT2D eigenvalue weighted by Gasteiger charge is 2.04. The Labute approximate surface area is 125 Å². The van der Waals surface area contributed by atoms with Crippen LogP contribution in [-0.4, -0.2) is 24.3 Å². The maximum absolute atomic E-state index is 11.3. The predicted molar refractivity (Wildman–Crippen MR) is 78.2 cm³/mol. The van der Waals surface area contributed by atoms with Crippen molar-refractivity contribution in [2.45, 2.75) is 13.8 Å². The van der Waals surface area contributed by atoms with E-state index in [1.807, 2.05) is 6.07 Å². The van der Waals surface area contributed by atoms with Crippen LogP contribution in [0.1, 0.15) is 19.4 Å². The number of allylic oxidation sites excluding steroid dienone is 1. The van der Waals surface area contributed by atoms with E-state index in [1.165, 1.54) is 19.1 Å². The molecule has 6 heteroatoms. The topological polar surface area (TPSA) is 65.0 Å². The largest absolute Gasteiger partial charge is 0.463 e. The SMILES string of the molecule is CCOC(=O)/C=C/C(=N\OC(C)=O)c1cccc(Br)c1. The molecule has 0 spiro atoms. The third-order valence-corrected chi connectivity index (χ3v) is 2.55. The molecule has 0 aromatic heterocycles. The van der Waals surface area contributed by atoms with Gasteiger partial charge in [0.2, 0.25) is 0 Å². The van der Waals surface area contributed by atoms with E-state index in [2.05, 4.69) is 25.9 Å². The summed E-state index contributed by atoms with van der Waals surface area (Å²) in [5.41, 5.74) is 1.04. The van der Waals surface area contributed by atoms with Crippen LogP contribution in [0.5, 0.6) is 0 Å². The van der Waals surface area contributed by atoms with Crippen molar-refractivity contribution in [2.75, 3.05) is 6.61 Å². The van der Waals surface area contributed by atoms with Gasteiger partial charge in [-0.3, -0.25) is 0 Å². The molecule has 0 amide bonds. The second-order valence-electron chi connectivity index (χ2n) is 3.66. The summed E-state index contributed by atoms with van der Waals surface area (Å²) in [7, 11) is 0. The van der Waals surface area contributed by atoms with Gasteiger partial charge in [0.1, 0.15) is 5.71 Å². The molecule has 1 aromatic carbocycles. The molecule has 0 heterocycles. The van der Waals surface area contributed by atoms with Gasteiger partial charge in [0.15, 0.2) is 0 Å². The summed E-state index contributed by atoms with van der Waals surface area (Å²) in [6.45, 7) is 3.25. The lowest BCUT2D eigenvalue weighted by molar-refractivity contribution is -0.141. The fourth-order valence-electron chi connectivity index (χ4n) is 1.28. The number of halogens is 1. The third kappa shape index (κ3) is 5.79. The fourth-order valence-corrected chi connectivity index (χ4v) is 1.68. The van der Waals surface area contributed by atoms with E-state index in [-0.39, 0.29) is 6.61 Å². The van der Waals surface area contributed by atoms with Gasteiger partial charge in [-0.05, 0) is 25.1 Å². The molecule has 0 saturated carbocycles. The van der Waals surface area contributed by atoms with Crippen LogP contribution >= 0.6 is 15.9 Å². The molecule has 1 aromatic rings. The van der Waals surface area contributed by atoms with E-state index in [9.17, 15) is 9.59 Å². The molecule has 5 nitrogen and oxygen atoms in total.